The van der Waals surface area contributed by atoms with E-state index in [0.717, 1.165) is 28.3 Å². The van der Waals surface area contributed by atoms with Gasteiger partial charge in [0.25, 0.3) is 0 Å². The standard InChI is InChI=1S/C15H16BrFN2/c1-9(2)14-13(8-16)15(19-10(3)18-14)11-4-6-12(17)7-5-11/h4-7,9H,8H2,1-3H3. The SMILES string of the molecule is Cc1nc(-c2ccc(F)cc2)c(CBr)c(C(C)C)n1. The average molecular weight is 323 g/mol. The van der Waals surface area contributed by atoms with Crippen LogP contribution in [0.15, 0.2) is 24.3 Å². The van der Waals surface area contributed by atoms with E-state index in [-0.39, 0.29) is 5.82 Å². The van der Waals surface area contributed by atoms with Crippen molar-refractivity contribution in [3.05, 3.63) is 47.2 Å². The number of nitrogens with zero attached hydrogens (tertiary/aromatic N) is 2. The van der Waals surface area contributed by atoms with Crippen molar-refractivity contribution in [2.75, 3.05) is 0 Å². The molecule has 0 unspecified atom stereocenters. The maximum Gasteiger partial charge on any atom is 0.126 e. The zero-order valence-corrected chi connectivity index (χ0v) is 12.8. The Labute approximate surface area is 121 Å². The first-order valence-corrected chi connectivity index (χ1v) is 7.34. The maximum atomic E-state index is 13.0. The first kappa shape index (κ1) is 14.1. The molecule has 0 fully saturated rings. The molecule has 0 N–H and O–H groups in total. The number of aryl methyl sites for hydroxylation is 1. The van der Waals surface area contributed by atoms with Crippen molar-refractivity contribution in [3.8, 4) is 11.3 Å². The number of alkyl halides is 1. The van der Waals surface area contributed by atoms with Gasteiger partial charge < -0.3 is 0 Å². The van der Waals surface area contributed by atoms with E-state index in [4.69, 9.17) is 0 Å². The summed E-state index contributed by atoms with van der Waals surface area (Å²) >= 11 is 3.51. The Morgan fingerprint density at radius 2 is 1.79 bits per heavy atom. The van der Waals surface area contributed by atoms with Crippen molar-refractivity contribution in [1.82, 2.24) is 9.97 Å². The number of rotatable bonds is 3. The van der Waals surface area contributed by atoms with Gasteiger partial charge >= 0.3 is 0 Å². The number of halogens is 2. The minimum atomic E-state index is -0.237. The van der Waals surface area contributed by atoms with E-state index in [1.165, 1.54) is 12.1 Å². The summed E-state index contributed by atoms with van der Waals surface area (Å²) in [6.07, 6.45) is 0. The maximum absolute atomic E-state index is 13.0. The molecule has 0 atom stereocenters. The second kappa shape index (κ2) is 5.78. The van der Waals surface area contributed by atoms with Crippen LogP contribution in [-0.2, 0) is 5.33 Å². The second-order valence-corrected chi connectivity index (χ2v) is 5.34. The lowest BCUT2D eigenvalue weighted by atomic mass is 9.99. The third-order valence-corrected chi connectivity index (χ3v) is 3.51. The number of benzene rings is 1. The van der Waals surface area contributed by atoms with Crippen LogP contribution in [0.2, 0.25) is 0 Å². The fourth-order valence-corrected chi connectivity index (χ4v) is 2.63. The molecule has 0 aliphatic heterocycles. The lowest BCUT2D eigenvalue weighted by molar-refractivity contribution is 0.628. The lowest BCUT2D eigenvalue weighted by Crippen LogP contribution is -2.06. The highest BCUT2D eigenvalue weighted by Gasteiger charge is 2.16. The highest BCUT2D eigenvalue weighted by Crippen LogP contribution is 2.29. The van der Waals surface area contributed by atoms with Gasteiger partial charge in [-0.05, 0) is 37.1 Å². The van der Waals surface area contributed by atoms with Gasteiger partial charge in [0.15, 0.2) is 0 Å². The molecule has 19 heavy (non-hydrogen) atoms. The zero-order chi connectivity index (χ0) is 14.0. The molecule has 0 amide bonds. The first-order valence-electron chi connectivity index (χ1n) is 6.22. The molecule has 100 valence electrons. The Morgan fingerprint density at radius 1 is 1.16 bits per heavy atom. The van der Waals surface area contributed by atoms with E-state index in [2.05, 4.69) is 39.7 Å². The minimum absolute atomic E-state index is 0.237. The second-order valence-electron chi connectivity index (χ2n) is 4.78. The van der Waals surface area contributed by atoms with E-state index in [0.29, 0.717) is 11.2 Å². The monoisotopic (exact) mass is 322 g/mol. The fraction of sp³-hybridized carbons (Fsp3) is 0.333. The van der Waals surface area contributed by atoms with Crippen molar-refractivity contribution in [1.29, 1.82) is 0 Å². The van der Waals surface area contributed by atoms with Gasteiger partial charge in [0.05, 0.1) is 11.4 Å². The summed E-state index contributed by atoms with van der Waals surface area (Å²) in [5.41, 5.74) is 3.92. The molecule has 0 aliphatic rings. The normalized spacial score (nSPS) is 11.1. The van der Waals surface area contributed by atoms with Gasteiger partial charge in [-0.15, -0.1) is 0 Å². The van der Waals surface area contributed by atoms with Crippen molar-refractivity contribution in [2.45, 2.75) is 32.0 Å². The van der Waals surface area contributed by atoms with E-state index < -0.39 is 0 Å². The summed E-state index contributed by atoms with van der Waals surface area (Å²) in [6.45, 7) is 6.11. The van der Waals surface area contributed by atoms with Crippen molar-refractivity contribution >= 4 is 15.9 Å². The van der Waals surface area contributed by atoms with Gasteiger partial charge in [0.1, 0.15) is 11.6 Å². The molecule has 0 aliphatic carbocycles. The van der Waals surface area contributed by atoms with Gasteiger partial charge in [-0.1, -0.05) is 29.8 Å². The van der Waals surface area contributed by atoms with Crippen LogP contribution in [0.1, 0.15) is 36.8 Å². The molecule has 0 saturated carbocycles. The van der Waals surface area contributed by atoms with Crippen LogP contribution < -0.4 is 0 Å². The Hall–Kier alpha value is -1.29. The summed E-state index contributed by atoms with van der Waals surface area (Å²) in [7, 11) is 0. The Kier molecular flexibility index (Phi) is 4.30. The molecule has 1 heterocycles. The largest absolute Gasteiger partial charge is 0.238 e. The molecular formula is C15H16BrFN2. The van der Waals surface area contributed by atoms with Crippen molar-refractivity contribution in [2.24, 2.45) is 0 Å². The predicted molar refractivity (Wildman–Crippen MR) is 78.9 cm³/mol. The van der Waals surface area contributed by atoms with E-state index in [1.54, 1.807) is 12.1 Å². The Morgan fingerprint density at radius 3 is 2.32 bits per heavy atom. The molecule has 2 rings (SSSR count). The molecule has 2 aromatic rings. The third-order valence-electron chi connectivity index (χ3n) is 2.95. The van der Waals surface area contributed by atoms with Gasteiger partial charge in [0, 0.05) is 16.5 Å². The minimum Gasteiger partial charge on any atom is -0.238 e. The summed E-state index contributed by atoms with van der Waals surface area (Å²) in [6, 6.07) is 6.43. The van der Waals surface area contributed by atoms with Crippen LogP contribution in [0.5, 0.6) is 0 Å². The molecule has 0 radical (unpaired) electrons. The molecule has 0 saturated heterocycles. The fourth-order valence-electron chi connectivity index (χ4n) is 2.07. The van der Waals surface area contributed by atoms with Gasteiger partial charge in [0.2, 0.25) is 0 Å². The van der Waals surface area contributed by atoms with Gasteiger partial charge in [-0.3, -0.25) is 0 Å². The quantitative estimate of drug-likeness (QED) is 0.771. The summed E-state index contributed by atoms with van der Waals surface area (Å²) < 4.78 is 13.0. The summed E-state index contributed by atoms with van der Waals surface area (Å²) in [5.74, 6) is 0.833. The molecule has 4 heteroatoms. The topological polar surface area (TPSA) is 25.8 Å². The van der Waals surface area contributed by atoms with E-state index in [9.17, 15) is 4.39 Å². The van der Waals surface area contributed by atoms with Crippen molar-refractivity contribution in [3.63, 3.8) is 0 Å². The lowest BCUT2D eigenvalue weighted by Gasteiger charge is -2.15. The molecule has 1 aromatic carbocycles. The molecule has 1 aromatic heterocycles. The highest BCUT2D eigenvalue weighted by molar-refractivity contribution is 9.08. The molecular weight excluding hydrogens is 307 g/mol. The predicted octanol–water partition coefficient (Wildman–Crippen LogP) is 4.61. The van der Waals surface area contributed by atoms with Crippen LogP contribution in [0.25, 0.3) is 11.3 Å². The van der Waals surface area contributed by atoms with Crippen LogP contribution in [-0.4, -0.2) is 9.97 Å². The average Bonchev–Trinajstić information content (AvgIpc) is 2.38. The van der Waals surface area contributed by atoms with Crippen LogP contribution in [0.3, 0.4) is 0 Å². The highest BCUT2D eigenvalue weighted by atomic mass is 79.9. The van der Waals surface area contributed by atoms with Crippen LogP contribution in [0, 0.1) is 12.7 Å². The Balaban J connectivity index is 2.64. The van der Waals surface area contributed by atoms with Crippen LogP contribution >= 0.6 is 15.9 Å². The smallest absolute Gasteiger partial charge is 0.126 e. The number of hydrogen-bond donors (Lipinski definition) is 0. The molecule has 2 nitrogen and oxygen atoms in total. The number of hydrogen-bond acceptors (Lipinski definition) is 2. The van der Waals surface area contributed by atoms with E-state index in [1.807, 2.05) is 6.92 Å². The summed E-state index contributed by atoms with van der Waals surface area (Å²) in [4.78, 5) is 9.06. The van der Waals surface area contributed by atoms with Gasteiger partial charge in [-0.25, -0.2) is 14.4 Å². The van der Waals surface area contributed by atoms with Crippen LogP contribution in [0.4, 0.5) is 4.39 Å². The first-order chi connectivity index (χ1) is 9.02. The van der Waals surface area contributed by atoms with E-state index >= 15 is 0 Å². The third kappa shape index (κ3) is 3.00. The molecule has 0 spiro atoms. The molecule has 0 bridgehead atoms. The summed E-state index contributed by atoms with van der Waals surface area (Å²) in [5, 5.41) is 0.688. The Bertz CT molecular complexity index is 579. The van der Waals surface area contributed by atoms with Crippen molar-refractivity contribution < 1.29 is 4.39 Å². The zero-order valence-electron chi connectivity index (χ0n) is 11.2. The van der Waals surface area contributed by atoms with Gasteiger partial charge in [-0.2, -0.15) is 0 Å². The number of aromatic nitrogens is 2.